The van der Waals surface area contributed by atoms with Gasteiger partial charge in [0.15, 0.2) is 0 Å². The van der Waals surface area contributed by atoms with Gasteiger partial charge >= 0.3 is 0 Å². The SMILES string of the molecule is CCNC1CCCCCC1N1CCCN2CCCC2C1. The summed E-state index contributed by atoms with van der Waals surface area (Å²) in [6.07, 6.45) is 11.4. The van der Waals surface area contributed by atoms with Gasteiger partial charge in [-0.25, -0.2) is 0 Å². The standard InChI is InChI=1S/C17H33N3/c1-2-18-16-9-4-3-5-10-17(16)20-13-7-12-19-11-6-8-15(19)14-20/h15-18H,2-14H2,1H3. The topological polar surface area (TPSA) is 18.5 Å². The summed E-state index contributed by atoms with van der Waals surface area (Å²) in [6, 6.07) is 2.41. The van der Waals surface area contributed by atoms with E-state index in [2.05, 4.69) is 22.0 Å². The Hall–Kier alpha value is -0.120. The molecule has 3 aliphatic rings. The summed E-state index contributed by atoms with van der Waals surface area (Å²) in [4.78, 5) is 5.63. The molecule has 1 saturated carbocycles. The first-order valence-electron chi connectivity index (χ1n) is 9.10. The third-order valence-electron chi connectivity index (χ3n) is 5.75. The summed E-state index contributed by atoms with van der Waals surface area (Å²) in [5.74, 6) is 0. The van der Waals surface area contributed by atoms with Crippen LogP contribution < -0.4 is 5.32 Å². The quantitative estimate of drug-likeness (QED) is 0.801. The summed E-state index contributed by atoms with van der Waals surface area (Å²) in [5.41, 5.74) is 0. The number of nitrogens with zero attached hydrogens (tertiary/aromatic N) is 2. The molecule has 0 aromatic rings. The molecule has 3 nitrogen and oxygen atoms in total. The maximum atomic E-state index is 3.80. The highest BCUT2D eigenvalue weighted by Gasteiger charge is 2.34. The van der Waals surface area contributed by atoms with Gasteiger partial charge in [-0.1, -0.05) is 26.2 Å². The lowest BCUT2D eigenvalue weighted by Crippen LogP contribution is -2.51. The third kappa shape index (κ3) is 3.37. The van der Waals surface area contributed by atoms with Gasteiger partial charge in [-0.2, -0.15) is 0 Å². The van der Waals surface area contributed by atoms with Crippen LogP contribution in [0.1, 0.15) is 58.3 Å². The van der Waals surface area contributed by atoms with Gasteiger partial charge in [0.2, 0.25) is 0 Å². The predicted molar refractivity (Wildman–Crippen MR) is 85.1 cm³/mol. The average molecular weight is 279 g/mol. The van der Waals surface area contributed by atoms with Gasteiger partial charge in [-0.3, -0.25) is 9.80 Å². The molecule has 2 aliphatic heterocycles. The summed E-state index contributed by atoms with van der Waals surface area (Å²) in [5, 5.41) is 3.80. The van der Waals surface area contributed by atoms with E-state index < -0.39 is 0 Å². The molecule has 2 saturated heterocycles. The minimum absolute atomic E-state index is 0.746. The highest BCUT2D eigenvalue weighted by Crippen LogP contribution is 2.27. The second kappa shape index (κ2) is 7.24. The van der Waals surface area contributed by atoms with Crippen molar-refractivity contribution in [2.75, 3.05) is 32.7 Å². The van der Waals surface area contributed by atoms with Gasteiger partial charge in [0.05, 0.1) is 0 Å². The first-order chi connectivity index (χ1) is 9.88. The first-order valence-corrected chi connectivity index (χ1v) is 9.10. The minimum atomic E-state index is 0.746. The first kappa shape index (κ1) is 14.8. The lowest BCUT2D eigenvalue weighted by Gasteiger charge is -2.37. The molecule has 3 unspecified atom stereocenters. The zero-order valence-corrected chi connectivity index (χ0v) is 13.3. The molecule has 20 heavy (non-hydrogen) atoms. The normalized spacial score (nSPS) is 37.4. The van der Waals surface area contributed by atoms with E-state index in [0.29, 0.717) is 0 Å². The number of likely N-dealkylation sites (N-methyl/N-ethyl adjacent to an activating group) is 1. The predicted octanol–water partition coefficient (Wildman–Crippen LogP) is 2.47. The van der Waals surface area contributed by atoms with Gasteiger partial charge in [0.1, 0.15) is 0 Å². The second-order valence-electron chi connectivity index (χ2n) is 7.05. The molecule has 0 spiro atoms. The Balaban J connectivity index is 1.67. The molecule has 3 heteroatoms. The van der Waals surface area contributed by atoms with Crippen LogP contribution in [0.4, 0.5) is 0 Å². The fourth-order valence-electron chi connectivity index (χ4n) is 4.76. The van der Waals surface area contributed by atoms with Crippen molar-refractivity contribution in [1.29, 1.82) is 0 Å². The Bertz CT molecular complexity index is 294. The highest BCUT2D eigenvalue weighted by atomic mass is 15.3. The monoisotopic (exact) mass is 279 g/mol. The van der Waals surface area contributed by atoms with Crippen LogP contribution in [0.2, 0.25) is 0 Å². The van der Waals surface area contributed by atoms with Crippen molar-refractivity contribution < 1.29 is 0 Å². The summed E-state index contributed by atoms with van der Waals surface area (Å²) in [7, 11) is 0. The molecule has 1 N–H and O–H groups in total. The average Bonchev–Trinajstić information content (AvgIpc) is 2.66. The fraction of sp³-hybridized carbons (Fsp3) is 1.00. The molecule has 2 heterocycles. The summed E-state index contributed by atoms with van der Waals surface area (Å²) in [6.45, 7) is 8.78. The van der Waals surface area contributed by atoms with E-state index in [1.54, 1.807) is 0 Å². The van der Waals surface area contributed by atoms with Crippen LogP contribution in [0.15, 0.2) is 0 Å². The van der Waals surface area contributed by atoms with Crippen LogP contribution >= 0.6 is 0 Å². The molecule has 0 amide bonds. The minimum Gasteiger partial charge on any atom is -0.313 e. The van der Waals surface area contributed by atoms with E-state index >= 15 is 0 Å². The number of rotatable bonds is 3. The fourth-order valence-corrected chi connectivity index (χ4v) is 4.76. The third-order valence-corrected chi connectivity index (χ3v) is 5.75. The van der Waals surface area contributed by atoms with Crippen LogP contribution in [-0.2, 0) is 0 Å². The molecule has 3 atom stereocenters. The molecule has 116 valence electrons. The van der Waals surface area contributed by atoms with E-state index in [0.717, 1.165) is 24.7 Å². The number of hydrogen-bond acceptors (Lipinski definition) is 3. The van der Waals surface area contributed by atoms with Crippen LogP contribution in [-0.4, -0.2) is 60.6 Å². The van der Waals surface area contributed by atoms with Gasteiger partial charge < -0.3 is 5.32 Å². The van der Waals surface area contributed by atoms with Crippen molar-refractivity contribution in [2.45, 2.75) is 76.4 Å². The Labute approximate surface area is 125 Å². The molecule has 0 aromatic carbocycles. The van der Waals surface area contributed by atoms with Crippen molar-refractivity contribution in [2.24, 2.45) is 0 Å². The number of nitrogens with one attached hydrogen (secondary N) is 1. The maximum absolute atomic E-state index is 3.80. The smallest absolute Gasteiger partial charge is 0.0250 e. The second-order valence-corrected chi connectivity index (χ2v) is 7.05. The van der Waals surface area contributed by atoms with E-state index in [1.165, 1.54) is 77.5 Å². The Kier molecular flexibility index (Phi) is 5.36. The van der Waals surface area contributed by atoms with Gasteiger partial charge in [0.25, 0.3) is 0 Å². The van der Waals surface area contributed by atoms with Crippen LogP contribution in [0.5, 0.6) is 0 Å². The molecule has 0 radical (unpaired) electrons. The van der Waals surface area contributed by atoms with Crippen molar-refractivity contribution >= 4 is 0 Å². The Morgan fingerprint density at radius 1 is 0.850 bits per heavy atom. The molecular formula is C17H33N3. The number of fused-ring (bicyclic) bond motifs is 1. The van der Waals surface area contributed by atoms with Crippen LogP contribution in [0.25, 0.3) is 0 Å². The summed E-state index contributed by atoms with van der Waals surface area (Å²) < 4.78 is 0. The van der Waals surface area contributed by atoms with Crippen molar-refractivity contribution in [3.8, 4) is 0 Å². The molecule has 0 aromatic heterocycles. The van der Waals surface area contributed by atoms with E-state index in [9.17, 15) is 0 Å². The molecular weight excluding hydrogens is 246 g/mol. The molecule has 3 rings (SSSR count). The van der Waals surface area contributed by atoms with Gasteiger partial charge in [-0.05, 0) is 58.3 Å². The molecule has 3 fully saturated rings. The Morgan fingerprint density at radius 3 is 2.55 bits per heavy atom. The van der Waals surface area contributed by atoms with E-state index in [4.69, 9.17) is 0 Å². The maximum Gasteiger partial charge on any atom is 0.0250 e. The Morgan fingerprint density at radius 2 is 1.65 bits per heavy atom. The lowest BCUT2D eigenvalue weighted by molar-refractivity contribution is 0.135. The largest absolute Gasteiger partial charge is 0.313 e. The highest BCUT2D eigenvalue weighted by molar-refractivity contribution is 4.92. The molecule has 1 aliphatic carbocycles. The van der Waals surface area contributed by atoms with Crippen molar-refractivity contribution in [3.05, 3.63) is 0 Å². The molecule has 0 bridgehead atoms. The van der Waals surface area contributed by atoms with E-state index in [-0.39, 0.29) is 0 Å². The summed E-state index contributed by atoms with van der Waals surface area (Å²) >= 11 is 0. The van der Waals surface area contributed by atoms with Crippen molar-refractivity contribution in [1.82, 2.24) is 15.1 Å². The van der Waals surface area contributed by atoms with Gasteiger partial charge in [0, 0.05) is 24.7 Å². The van der Waals surface area contributed by atoms with E-state index in [1.807, 2.05) is 0 Å². The zero-order valence-electron chi connectivity index (χ0n) is 13.3. The number of hydrogen-bond donors (Lipinski definition) is 1. The van der Waals surface area contributed by atoms with Gasteiger partial charge in [-0.15, -0.1) is 0 Å². The van der Waals surface area contributed by atoms with Crippen LogP contribution in [0, 0.1) is 0 Å². The zero-order chi connectivity index (χ0) is 13.8. The lowest BCUT2D eigenvalue weighted by atomic mass is 10.00. The van der Waals surface area contributed by atoms with Crippen LogP contribution in [0.3, 0.4) is 0 Å². The van der Waals surface area contributed by atoms with Crippen molar-refractivity contribution in [3.63, 3.8) is 0 Å².